The topological polar surface area (TPSA) is 42.4 Å². The first kappa shape index (κ1) is 14.8. The molecule has 0 N–H and O–H groups in total. The first-order chi connectivity index (χ1) is 8.78. The molecule has 1 amide bonds. The summed E-state index contributed by atoms with van der Waals surface area (Å²) >= 11 is 5.10. The summed E-state index contributed by atoms with van der Waals surface area (Å²) in [5, 5.41) is 0.993. The van der Waals surface area contributed by atoms with Crippen LogP contribution in [0.1, 0.15) is 50.4 Å². The summed E-state index contributed by atoms with van der Waals surface area (Å²) in [5.74, 6) is 0. The fourth-order valence-corrected chi connectivity index (χ4v) is 3.63. The Labute approximate surface area is 126 Å². The van der Waals surface area contributed by atoms with Crippen molar-refractivity contribution in [3.05, 3.63) is 14.5 Å². The highest BCUT2D eigenvalue weighted by Crippen LogP contribution is 2.37. The van der Waals surface area contributed by atoms with Crippen LogP contribution in [0.5, 0.6) is 0 Å². The average Bonchev–Trinajstić information content (AvgIpc) is 2.83. The molecule has 2 heterocycles. The maximum absolute atomic E-state index is 12.2. The minimum absolute atomic E-state index is 0.0600. The Hall–Kier alpha value is -0.620. The van der Waals surface area contributed by atoms with E-state index in [9.17, 15) is 4.79 Å². The largest absolute Gasteiger partial charge is 0.444 e. The van der Waals surface area contributed by atoms with Gasteiger partial charge in [-0.3, -0.25) is 4.90 Å². The molecule has 1 unspecified atom stereocenters. The lowest BCUT2D eigenvalue weighted by molar-refractivity contribution is 0.0224. The molecule has 1 aromatic heterocycles. The Morgan fingerprint density at radius 1 is 1.53 bits per heavy atom. The number of aryl methyl sites for hydroxylation is 1. The van der Waals surface area contributed by atoms with Gasteiger partial charge in [-0.1, -0.05) is 0 Å². The van der Waals surface area contributed by atoms with Gasteiger partial charge in [-0.25, -0.2) is 9.78 Å². The molecule has 1 saturated heterocycles. The molecule has 0 radical (unpaired) electrons. The van der Waals surface area contributed by atoms with Gasteiger partial charge >= 0.3 is 6.09 Å². The number of likely N-dealkylation sites (tertiary alicyclic amines) is 1. The second-order valence-electron chi connectivity index (χ2n) is 5.74. The van der Waals surface area contributed by atoms with Crippen LogP contribution < -0.4 is 0 Å². The van der Waals surface area contributed by atoms with Gasteiger partial charge in [0.15, 0.2) is 0 Å². The third kappa shape index (κ3) is 3.48. The number of rotatable bonds is 1. The van der Waals surface area contributed by atoms with Crippen LogP contribution >= 0.6 is 27.3 Å². The smallest absolute Gasteiger partial charge is 0.410 e. The zero-order valence-electron chi connectivity index (χ0n) is 11.7. The van der Waals surface area contributed by atoms with Crippen LogP contribution in [0.3, 0.4) is 0 Å². The highest BCUT2D eigenvalue weighted by molar-refractivity contribution is 9.11. The van der Waals surface area contributed by atoms with Crippen molar-refractivity contribution in [3.8, 4) is 0 Å². The predicted octanol–water partition coefficient (Wildman–Crippen LogP) is 4.29. The first-order valence-electron chi connectivity index (χ1n) is 6.40. The van der Waals surface area contributed by atoms with E-state index in [4.69, 9.17) is 4.74 Å². The maximum atomic E-state index is 12.2. The van der Waals surface area contributed by atoms with Gasteiger partial charge in [0, 0.05) is 6.54 Å². The van der Waals surface area contributed by atoms with Crippen LogP contribution in [0.4, 0.5) is 4.79 Å². The molecule has 0 aromatic carbocycles. The lowest BCUT2D eigenvalue weighted by Crippen LogP contribution is -2.36. The van der Waals surface area contributed by atoms with Crippen molar-refractivity contribution in [1.29, 1.82) is 0 Å². The monoisotopic (exact) mass is 346 g/mol. The van der Waals surface area contributed by atoms with Gasteiger partial charge in [-0.2, -0.15) is 0 Å². The molecule has 19 heavy (non-hydrogen) atoms. The molecular formula is C13H19BrN2O2S. The predicted molar refractivity (Wildman–Crippen MR) is 79.5 cm³/mol. The minimum atomic E-state index is -0.455. The highest BCUT2D eigenvalue weighted by Gasteiger charge is 2.35. The van der Waals surface area contributed by atoms with Gasteiger partial charge < -0.3 is 4.74 Å². The molecule has 0 bridgehead atoms. The van der Waals surface area contributed by atoms with E-state index < -0.39 is 5.60 Å². The number of aromatic nitrogens is 1. The lowest BCUT2D eigenvalue weighted by Gasteiger charge is -2.27. The summed E-state index contributed by atoms with van der Waals surface area (Å²) in [6, 6.07) is 0.0600. The molecule has 0 spiro atoms. The number of thiazole rings is 1. The second-order valence-corrected chi connectivity index (χ2v) is 8.09. The van der Waals surface area contributed by atoms with E-state index >= 15 is 0 Å². The van der Waals surface area contributed by atoms with Crippen molar-refractivity contribution in [2.45, 2.75) is 52.2 Å². The number of ether oxygens (including phenoxy) is 1. The van der Waals surface area contributed by atoms with Crippen molar-refractivity contribution in [1.82, 2.24) is 9.88 Å². The van der Waals surface area contributed by atoms with Crippen molar-refractivity contribution < 1.29 is 9.53 Å². The maximum Gasteiger partial charge on any atom is 0.410 e. The third-order valence-corrected chi connectivity index (χ3v) is 5.03. The number of amides is 1. The van der Waals surface area contributed by atoms with Crippen LogP contribution in [0.2, 0.25) is 0 Å². The zero-order chi connectivity index (χ0) is 14.2. The standard InChI is InChI=1S/C13H19BrN2O2S/c1-8-10(14)19-11(15-8)9-6-5-7-16(9)12(17)18-13(2,3)4/h9H,5-7H2,1-4H3. The summed E-state index contributed by atoms with van der Waals surface area (Å²) in [6.07, 6.45) is 1.72. The molecule has 1 aliphatic heterocycles. The third-order valence-electron chi connectivity index (χ3n) is 2.92. The van der Waals surface area contributed by atoms with Crippen LogP contribution in [-0.2, 0) is 4.74 Å². The van der Waals surface area contributed by atoms with E-state index in [0.29, 0.717) is 0 Å². The van der Waals surface area contributed by atoms with Gasteiger partial charge in [0.1, 0.15) is 10.6 Å². The molecule has 106 valence electrons. The number of hydrogen-bond acceptors (Lipinski definition) is 4. The molecular weight excluding hydrogens is 328 g/mol. The Morgan fingerprint density at radius 2 is 2.21 bits per heavy atom. The van der Waals surface area contributed by atoms with Gasteiger partial charge in [0.05, 0.1) is 15.5 Å². The van der Waals surface area contributed by atoms with Crippen LogP contribution in [0.25, 0.3) is 0 Å². The molecule has 0 saturated carbocycles. The van der Waals surface area contributed by atoms with Gasteiger partial charge in [0.25, 0.3) is 0 Å². The average molecular weight is 347 g/mol. The van der Waals surface area contributed by atoms with Crippen LogP contribution in [-0.4, -0.2) is 28.1 Å². The van der Waals surface area contributed by atoms with Gasteiger partial charge in [-0.05, 0) is 56.5 Å². The molecule has 2 rings (SSSR count). The normalized spacial score (nSPS) is 19.8. The van der Waals surface area contributed by atoms with Crippen molar-refractivity contribution in [2.75, 3.05) is 6.54 Å². The van der Waals surface area contributed by atoms with Crippen molar-refractivity contribution in [2.24, 2.45) is 0 Å². The molecule has 1 atom stereocenters. The Balaban J connectivity index is 2.15. The number of carbonyl (C=O) groups excluding carboxylic acids is 1. The Morgan fingerprint density at radius 3 is 2.74 bits per heavy atom. The summed E-state index contributed by atoms with van der Waals surface area (Å²) in [4.78, 5) is 18.6. The quantitative estimate of drug-likeness (QED) is 0.761. The van der Waals surface area contributed by atoms with E-state index in [1.165, 1.54) is 0 Å². The minimum Gasteiger partial charge on any atom is -0.444 e. The highest BCUT2D eigenvalue weighted by atomic mass is 79.9. The van der Waals surface area contributed by atoms with E-state index in [1.54, 1.807) is 16.2 Å². The van der Waals surface area contributed by atoms with Crippen molar-refractivity contribution >= 4 is 33.4 Å². The second kappa shape index (κ2) is 5.40. The van der Waals surface area contributed by atoms with Gasteiger partial charge in [-0.15, -0.1) is 11.3 Å². The zero-order valence-corrected chi connectivity index (χ0v) is 14.1. The Bertz CT molecular complexity index is 462. The Kier molecular flexibility index (Phi) is 4.20. The fourth-order valence-electron chi connectivity index (χ4n) is 2.10. The summed E-state index contributed by atoms with van der Waals surface area (Å²) < 4.78 is 6.50. The molecule has 1 aliphatic rings. The molecule has 0 aliphatic carbocycles. The first-order valence-corrected chi connectivity index (χ1v) is 8.01. The van der Waals surface area contributed by atoms with Crippen LogP contribution in [0, 0.1) is 6.92 Å². The number of nitrogens with zero attached hydrogens (tertiary/aromatic N) is 2. The number of hydrogen-bond donors (Lipinski definition) is 0. The van der Waals surface area contributed by atoms with E-state index in [1.807, 2.05) is 27.7 Å². The van der Waals surface area contributed by atoms with Crippen LogP contribution in [0.15, 0.2) is 3.79 Å². The molecule has 1 fully saturated rings. The summed E-state index contributed by atoms with van der Waals surface area (Å²) in [5.41, 5.74) is 0.528. The van der Waals surface area contributed by atoms with Gasteiger partial charge in [0.2, 0.25) is 0 Å². The summed E-state index contributed by atoms with van der Waals surface area (Å²) in [7, 11) is 0. The summed E-state index contributed by atoms with van der Waals surface area (Å²) in [6.45, 7) is 8.38. The van der Waals surface area contributed by atoms with E-state index in [0.717, 1.165) is 33.9 Å². The van der Waals surface area contributed by atoms with E-state index in [2.05, 4.69) is 20.9 Å². The number of halogens is 1. The number of carbonyl (C=O) groups is 1. The molecule has 6 heteroatoms. The molecule has 4 nitrogen and oxygen atoms in total. The lowest BCUT2D eigenvalue weighted by atomic mass is 10.2. The van der Waals surface area contributed by atoms with E-state index in [-0.39, 0.29) is 12.1 Å². The SMILES string of the molecule is Cc1nc(C2CCCN2C(=O)OC(C)(C)C)sc1Br. The molecule has 1 aromatic rings. The fraction of sp³-hybridized carbons (Fsp3) is 0.692. The van der Waals surface area contributed by atoms with Crippen molar-refractivity contribution in [3.63, 3.8) is 0 Å².